The number of hydrogen-bond donors (Lipinski definition) is 5. The standard InChI is InChI=1S/C15H24N4O6S2.H2O/c1-6-11-10(7(2)20)14(21)19(11)12(15(22)23)13(6)26-9-3-8(17-5-9)4-18-27(16,24)25;/h6-11,17-18,20H,3-5H2,1-2H3,(H,22,23)(H2,16,24,25);1H2/t6?,7?,8?,9?,10-,11-;/m0./s1. The minimum atomic E-state index is -3.76. The lowest BCUT2D eigenvalue weighted by molar-refractivity contribution is -0.163. The van der Waals surface area contributed by atoms with E-state index in [0.29, 0.717) is 17.9 Å². The number of carboxylic acids is 1. The fourth-order valence-electron chi connectivity index (χ4n) is 4.10. The van der Waals surface area contributed by atoms with Crippen molar-refractivity contribution >= 4 is 33.8 Å². The van der Waals surface area contributed by atoms with Crippen LogP contribution in [0.2, 0.25) is 0 Å². The summed E-state index contributed by atoms with van der Waals surface area (Å²) in [6.45, 7) is 4.17. The maximum atomic E-state index is 12.3. The molecule has 0 saturated carbocycles. The number of thioether (sulfide) groups is 1. The van der Waals surface area contributed by atoms with E-state index in [9.17, 15) is 28.2 Å². The molecule has 8 N–H and O–H groups in total. The molecule has 0 aromatic carbocycles. The van der Waals surface area contributed by atoms with Crippen molar-refractivity contribution in [1.29, 1.82) is 0 Å². The zero-order valence-corrected chi connectivity index (χ0v) is 17.1. The number of β-lactam (4-membered cyclic amide) rings is 1. The van der Waals surface area contributed by atoms with Gasteiger partial charge in [0.1, 0.15) is 5.70 Å². The number of rotatable bonds is 7. The normalized spacial score (nSPS) is 33.4. The molecule has 4 unspecified atom stereocenters. The van der Waals surface area contributed by atoms with Gasteiger partial charge in [-0.05, 0) is 13.3 Å². The van der Waals surface area contributed by atoms with Crippen LogP contribution in [0.4, 0.5) is 0 Å². The van der Waals surface area contributed by atoms with Gasteiger partial charge < -0.3 is 25.9 Å². The van der Waals surface area contributed by atoms with Crippen LogP contribution in [0.25, 0.3) is 0 Å². The predicted octanol–water partition coefficient (Wildman–Crippen LogP) is -2.43. The van der Waals surface area contributed by atoms with Gasteiger partial charge in [-0.3, -0.25) is 4.79 Å². The molecule has 3 aliphatic rings. The Kier molecular flexibility index (Phi) is 6.80. The number of aliphatic hydroxyl groups is 1. The summed E-state index contributed by atoms with van der Waals surface area (Å²) >= 11 is 1.41. The summed E-state index contributed by atoms with van der Waals surface area (Å²) < 4.78 is 24.3. The second-order valence-electron chi connectivity index (χ2n) is 7.25. The third kappa shape index (κ3) is 4.20. The van der Waals surface area contributed by atoms with Gasteiger partial charge in [0.05, 0.1) is 18.1 Å². The first-order chi connectivity index (χ1) is 12.5. The molecular formula is C15H26N4O7S2. The molecule has 6 atom stereocenters. The Morgan fingerprint density at radius 2 is 2.14 bits per heavy atom. The largest absolute Gasteiger partial charge is 0.477 e. The molecule has 13 heteroatoms. The lowest BCUT2D eigenvalue weighted by Crippen LogP contribution is -2.63. The summed E-state index contributed by atoms with van der Waals surface area (Å²) in [5, 5.41) is 27.7. The molecule has 2 fully saturated rings. The van der Waals surface area contributed by atoms with Crippen LogP contribution in [-0.4, -0.2) is 77.4 Å². The zero-order valence-electron chi connectivity index (χ0n) is 15.5. The third-order valence-corrected chi connectivity index (χ3v) is 7.40. The van der Waals surface area contributed by atoms with E-state index < -0.39 is 28.2 Å². The highest BCUT2D eigenvalue weighted by atomic mass is 32.2. The van der Waals surface area contributed by atoms with Gasteiger partial charge in [0.15, 0.2) is 0 Å². The van der Waals surface area contributed by atoms with Crippen molar-refractivity contribution in [3.8, 4) is 0 Å². The Morgan fingerprint density at radius 1 is 1.50 bits per heavy atom. The molecule has 3 rings (SSSR count). The van der Waals surface area contributed by atoms with Crippen LogP contribution in [0, 0.1) is 11.8 Å². The lowest BCUT2D eigenvalue weighted by Gasteiger charge is -2.46. The molecule has 3 heterocycles. The predicted molar refractivity (Wildman–Crippen MR) is 102 cm³/mol. The van der Waals surface area contributed by atoms with Crippen molar-refractivity contribution in [2.75, 3.05) is 13.1 Å². The number of aliphatic hydroxyl groups excluding tert-OH is 1. The van der Waals surface area contributed by atoms with Crippen LogP contribution in [0.5, 0.6) is 0 Å². The average molecular weight is 439 g/mol. The van der Waals surface area contributed by atoms with Gasteiger partial charge >= 0.3 is 5.97 Å². The van der Waals surface area contributed by atoms with Crippen LogP contribution in [0.3, 0.4) is 0 Å². The van der Waals surface area contributed by atoms with E-state index in [0.717, 1.165) is 0 Å². The maximum Gasteiger partial charge on any atom is 0.353 e. The number of nitrogens with zero attached hydrogens (tertiary/aromatic N) is 1. The summed E-state index contributed by atoms with van der Waals surface area (Å²) in [7, 11) is -3.76. The summed E-state index contributed by atoms with van der Waals surface area (Å²) in [4.78, 5) is 26.1. The van der Waals surface area contributed by atoms with Gasteiger partial charge in [0, 0.05) is 35.2 Å². The minimum absolute atomic E-state index is 0. The SMILES string of the molecule is CC(O)[C@@H]1C(=O)N2C(C(=O)O)=C(SC3CNC(CNS(N)(=O)=O)C3)C(C)[C@@H]12.O. The molecule has 0 radical (unpaired) electrons. The first kappa shape index (κ1) is 23.1. The van der Waals surface area contributed by atoms with Crippen molar-refractivity contribution in [3.63, 3.8) is 0 Å². The molecular weight excluding hydrogens is 412 g/mol. The molecule has 1 amide bonds. The molecule has 11 nitrogen and oxygen atoms in total. The first-order valence-electron chi connectivity index (χ1n) is 8.67. The van der Waals surface area contributed by atoms with Gasteiger partial charge in [-0.1, -0.05) is 6.92 Å². The van der Waals surface area contributed by atoms with Crippen molar-refractivity contribution in [2.24, 2.45) is 17.0 Å². The number of amides is 1. The zero-order chi connectivity index (χ0) is 20.1. The fourth-order valence-corrected chi connectivity index (χ4v) is 6.05. The summed E-state index contributed by atoms with van der Waals surface area (Å²) in [6, 6.07) is -0.435. The molecule has 0 bridgehead atoms. The smallest absolute Gasteiger partial charge is 0.353 e. The number of carbonyl (C=O) groups excluding carboxylic acids is 1. The Labute approximate surface area is 167 Å². The van der Waals surface area contributed by atoms with E-state index in [-0.39, 0.29) is 46.9 Å². The van der Waals surface area contributed by atoms with Crippen LogP contribution in [0.15, 0.2) is 10.6 Å². The maximum absolute atomic E-state index is 12.3. The summed E-state index contributed by atoms with van der Waals surface area (Å²) in [6.07, 6.45) is -0.197. The molecule has 0 aromatic rings. The van der Waals surface area contributed by atoms with Crippen LogP contribution >= 0.6 is 11.8 Å². The van der Waals surface area contributed by atoms with E-state index in [1.807, 2.05) is 6.92 Å². The van der Waals surface area contributed by atoms with Crippen molar-refractivity contribution < 1.29 is 33.7 Å². The minimum Gasteiger partial charge on any atom is -0.477 e. The average Bonchev–Trinajstić information content (AvgIpc) is 3.07. The van der Waals surface area contributed by atoms with Crippen molar-refractivity contribution in [1.82, 2.24) is 14.9 Å². The molecule has 3 aliphatic heterocycles. The Bertz CT molecular complexity index is 785. The van der Waals surface area contributed by atoms with Gasteiger partial charge in [0.25, 0.3) is 10.2 Å². The molecule has 2 saturated heterocycles. The van der Waals surface area contributed by atoms with Gasteiger partial charge in [-0.2, -0.15) is 8.42 Å². The molecule has 160 valence electrons. The number of aliphatic carboxylic acids is 1. The van der Waals surface area contributed by atoms with E-state index in [1.165, 1.54) is 16.7 Å². The Balaban J connectivity index is 0.00000280. The quantitative estimate of drug-likeness (QED) is 0.271. The lowest BCUT2D eigenvalue weighted by atomic mass is 9.79. The summed E-state index contributed by atoms with van der Waals surface area (Å²) in [5.41, 5.74) is 0.00510. The van der Waals surface area contributed by atoms with Crippen LogP contribution in [0.1, 0.15) is 20.3 Å². The van der Waals surface area contributed by atoms with E-state index in [4.69, 9.17) is 5.14 Å². The Morgan fingerprint density at radius 3 is 2.68 bits per heavy atom. The first-order valence-corrected chi connectivity index (χ1v) is 11.1. The molecule has 0 spiro atoms. The monoisotopic (exact) mass is 438 g/mol. The van der Waals surface area contributed by atoms with Crippen LogP contribution < -0.4 is 15.2 Å². The number of hydrogen-bond acceptors (Lipinski definition) is 7. The highest BCUT2D eigenvalue weighted by molar-refractivity contribution is 8.03. The number of carbonyl (C=O) groups is 2. The third-order valence-electron chi connectivity index (χ3n) is 5.32. The molecule has 0 aromatic heterocycles. The van der Waals surface area contributed by atoms with E-state index >= 15 is 0 Å². The summed E-state index contributed by atoms with van der Waals surface area (Å²) in [5.74, 6) is -2.27. The Hall–Kier alpha value is -1.22. The van der Waals surface area contributed by atoms with Crippen molar-refractivity contribution in [2.45, 2.75) is 43.7 Å². The van der Waals surface area contributed by atoms with E-state index in [2.05, 4.69) is 10.0 Å². The van der Waals surface area contributed by atoms with Crippen molar-refractivity contribution in [3.05, 3.63) is 10.6 Å². The van der Waals surface area contributed by atoms with Gasteiger partial charge in [-0.25, -0.2) is 14.7 Å². The number of fused-ring (bicyclic) bond motifs is 1. The molecule has 0 aliphatic carbocycles. The number of nitrogens with one attached hydrogen (secondary N) is 2. The highest BCUT2D eigenvalue weighted by Gasteiger charge is 2.60. The second-order valence-corrected chi connectivity index (χ2v) is 9.97. The van der Waals surface area contributed by atoms with Gasteiger partial charge in [0.2, 0.25) is 5.91 Å². The van der Waals surface area contributed by atoms with Crippen LogP contribution in [-0.2, 0) is 19.8 Å². The number of carboxylic acid groups (broad SMARTS) is 1. The number of nitrogens with two attached hydrogens (primary N) is 1. The fraction of sp³-hybridized carbons (Fsp3) is 0.733. The van der Waals surface area contributed by atoms with Gasteiger partial charge in [-0.15, -0.1) is 11.8 Å². The second kappa shape index (κ2) is 8.26. The highest BCUT2D eigenvalue weighted by Crippen LogP contribution is 2.51. The van der Waals surface area contributed by atoms with E-state index in [1.54, 1.807) is 6.92 Å². The molecule has 28 heavy (non-hydrogen) atoms. The topological polar surface area (TPSA) is 194 Å².